The van der Waals surface area contributed by atoms with Crippen LogP contribution in [0.25, 0.3) is 5.57 Å². The molecule has 0 bridgehead atoms. The molecule has 0 heterocycles. The summed E-state index contributed by atoms with van der Waals surface area (Å²) >= 11 is 0. The molecule has 3 heteroatoms. The van der Waals surface area contributed by atoms with Crippen LogP contribution in [-0.4, -0.2) is 13.1 Å². The van der Waals surface area contributed by atoms with Gasteiger partial charge in [-0.05, 0) is 17.2 Å². The van der Waals surface area contributed by atoms with E-state index in [4.69, 9.17) is 10.00 Å². The zero-order valence-electron chi connectivity index (χ0n) is 11.0. The molecular weight excluding hydrogens is 250 g/mol. The highest BCUT2D eigenvalue weighted by Crippen LogP contribution is 2.26. The molecule has 0 atom stereocenters. The minimum Gasteiger partial charge on any atom is -0.465 e. The Labute approximate surface area is 117 Å². The molecule has 0 saturated carbocycles. The Morgan fingerprint density at radius 3 is 2.25 bits per heavy atom. The Morgan fingerprint density at radius 1 is 1.05 bits per heavy atom. The van der Waals surface area contributed by atoms with Crippen LogP contribution in [0.2, 0.25) is 0 Å². The molecule has 0 fully saturated rings. The van der Waals surface area contributed by atoms with Gasteiger partial charge in [0.2, 0.25) is 0 Å². The second kappa shape index (κ2) is 6.35. The fourth-order valence-corrected chi connectivity index (χ4v) is 2.00. The number of methoxy groups -OCH3 is 1. The number of benzene rings is 2. The largest absolute Gasteiger partial charge is 0.465 e. The minimum absolute atomic E-state index is 0.416. The molecule has 0 aliphatic rings. The van der Waals surface area contributed by atoms with Gasteiger partial charge in [0.1, 0.15) is 0 Å². The van der Waals surface area contributed by atoms with Gasteiger partial charge in [0, 0.05) is 11.6 Å². The second-order valence-corrected chi connectivity index (χ2v) is 4.09. The van der Waals surface area contributed by atoms with Crippen LogP contribution in [0.4, 0.5) is 0 Å². The van der Waals surface area contributed by atoms with Crippen molar-refractivity contribution >= 4 is 11.5 Å². The smallest absolute Gasteiger partial charge is 0.338 e. The van der Waals surface area contributed by atoms with E-state index in [2.05, 4.69) is 0 Å². The quantitative estimate of drug-likeness (QED) is 0.629. The van der Waals surface area contributed by atoms with Gasteiger partial charge in [-0.1, -0.05) is 48.5 Å². The van der Waals surface area contributed by atoms with Gasteiger partial charge >= 0.3 is 5.97 Å². The van der Waals surface area contributed by atoms with Crippen molar-refractivity contribution in [2.75, 3.05) is 7.11 Å². The summed E-state index contributed by atoms with van der Waals surface area (Å²) in [6.07, 6.45) is 1.44. The third kappa shape index (κ3) is 2.76. The first-order chi connectivity index (χ1) is 9.77. The lowest BCUT2D eigenvalue weighted by Gasteiger charge is -2.11. The molecule has 0 aromatic heterocycles. The number of carbonyl (C=O) groups is 1. The van der Waals surface area contributed by atoms with Gasteiger partial charge in [0.25, 0.3) is 0 Å². The van der Waals surface area contributed by atoms with Gasteiger partial charge in [-0.3, -0.25) is 0 Å². The summed E-state index contributed by atoms with van der Waals surface area (Å²) in [5.74, 6) is -0.416. The summed E-state index contributed by atoms with van der Waals surface area (Å²) in [6.45, 7) is 0. The van der Waals surface area contributed by atoms with E-state index in [0.29, 0.717) is 16.7 Å². The van der Waals surface area contributed by atoms with Crippen molar-refractivity contribution in [1.29, 1.82) is 5.26 Å². The molecule has 0 aliphatic carbocycles. The normalized spacial score (nSPS) is 10.7. The average molecular weight is 263 g/mol. The van der Waals surface area contributed by atoms with Gasteiger partial charge in [-0.2, -0.15) is 5.26 Å². The van der Waals surface area contributed by atoms with Crippen molar-refractivity contribution < 1.29 is 9.53 Å². The van der Waals surface area contributed by atoms with E-state index in [1.54, 1.807) is 12.1 Å². The lowest BCUT2D eigenvalue weighted by Crippen LogP contribution is -2.05. The molecule has 20 heavy (non-hydrogen) atoms. The van der Waals surface area contributed by atoms with Crippen molar-refractivity contribution in [2.45, 2.75) is 0 Å². The average Bonchev–Trinajstić information content (AvgIpc) is 2.53. The highest BCUT2D eigenvalue weighted by Gasteiger charge is 2.15. The van der Waals surface area contributed by atoms with E-state index in [-0.39, 0.29) is 0 Å². The highest BCUT2D eigenvalue weighted by atomic mass is 16.5. The van der Waals surface area contributed by atoms with Crippen molar-refractivity contribution in [3.8, 4) is 6.07 Å². The Kier molecular flexibility index (Phi) is 4.31. The van der Waals surface area contributed by atoms with E-state index in [0.717, 1.165) is 5.56 Å². The van der Waals surface area contributed by atoms with E-state index in [9.17, 15) is 4.79 Å². The third-order valence-corrected chi connectivity index (χ3v) is 2.92. The van der Waals surface area contributed by atoms with E-state index in [1.165, 1.54) is 13.2 Å². The molecule has 0 aliphatic heterocycles. The summed E-state index contributed by atoms with van der Waals surface area (Å²) in [5, 5.41) is 9.00. The van der Waals surface area contributed by atoms with E-state index >= 15 is 0 Å². The first-order valence-electron chi connectivity index (χ1n) is 6.11. The van der Waals surface area contributed by atoms with Gasteiger partial charge in [-0.25, -0.2) is 4.79 Å². The Balaban J connectivity index is 2.61. The molecule has 0 saturated heterocycles. The van der Waals surface area contributed by atoms with Gasteiger partial charge in [0.15, 0.2) is 0 Å². The zero-order valence-corrected chi connectivity index (χ0v) is 11.0. The van der Waals surface area contributed by atoms with Crippen LogP contribution in [-0.2, 0) is 4.74 Å². The predicted molar refractivity (Wildman–Crippen MR) is 76.9 cm³/mol. The first kappa shape index (κ1) is 13.6. The second-order valence-electron chi connectivity index (χ2n) is 4.09. The molecular formula is C17H13NO2. The number of esters is 1. The first-order valence-corrected chi connectivity index (χ1v) is 6.11. The Bertz CT molecular complexity index is 682. The maximum absolute atomic E-state index is 11.8. The molecule has 98 valence electrons. The number of ether oxygens (including phenoxy) is 1. The fourth-order valence-electron chi connectivity index (χ4n) is 2.00. The van der Waals surface area contributed by atoms with E-state index in [1.807, 2.05) is 48.5 Å². The minimum atomic E-state index is -0.416. The maximum Gasteiger partial charge on any atom is 0.338 e. The van der Waals surface area contributed by atoms with Crippen LogP contribution in [0.15, 0.2) is 60.7 Å². The third-order valence-electron chi connectivity index (χ3n) is 2.92. The number of hydrogen-bond donors (Lipinski definition) is 0. The van der Waals surface area contributed by atoms with Crippen LogP contribution in [0.1, 0.15) is 21.5 Å². The van der Waals surface area contributed by atoms with Gasteiger partial charge in [0.05, 0.1) is 18.7 Å². The summed E-state index contributed by atoms with van der Waals surface area (Å²) in [7, 11) is 1.34. The van der Waals surface area contributed by atoms with Crippen molar-refractivity contribution in [3.63, 3.8) is 0 Å². The molecule has 2 aromatic carbocycles. The summed E-state index contributed by atoms with van der Waals surface area (Å²) in [5.41, 5.74) is 2.71. The molecule has 3 nitrogen and oxygen atoms in total. The lowest BCUT2D eigenvalue weighted by molar-refractivity contribution is 0.0600. The van der Waals surface area contributed by atoms with Crippen molar-refractivity contribution in [3.05, 3.63) is 77.4 Å². The van der Waals surface area contributed by atoms with Crippen LogP contribution >= 0.6 is 0 Å². The van der Waals surface area contributed by atoms with Crippen LogP contribution in [0.3, 0.4) is 0 Å². The monoisotopic (exact) mass is 263 g/mol. The number of hydrogen-bond acceptors (Lipinski definition) is 3. The molecule has 0 amide bonds. The number of allylic oxidation sites excluding steroid dienone is 1. The molecule has 0 radical (unpaired) electrons. The molecule has 2 aromatic rings. The van der Waals surface area contributed by atoms with Crippen molar-refractivity contribution in [2.24, 2.45) is 0 Å². The standard InChI is InChI=1S/C17H13NO2/c1-20-17(19)16-10-6-5-9-15(16)14(11-12-18)13-7-3-2-4-8-13/h2-11H,1H3/b14-11-. The molecule has 0 N–H and O–H groups in total. The summed E-state index contributed by atoms with van der Waals surface area (Å²) < 4.78 is 4.79. The molecule has 0 unspecified atom stereocenters. The maximum atomic E-state index is 11.8. The Morgan fingerprint density at radius 2 is 1.65 bits per heavy atom. The number of rotatable bonds is 3. The number of nitriles is 1. The van der Waals surface area contributed by atoms with Crippen LogP contribution in [0.5, 0.6) is 0 Å². The number of carbonyl (C=O) groups excluding carboxylic acids is 1. The predicted octanol–water partition coefficient (Wildman–Crippen LogP) is 3.43. The SMILES string of the molecule is COC(=O)c1ccccc1/C(=C\C#N)c1ccccc1. The van der Waals surface area contributed by atoms with Crippen molar-refractivity contribution in [1.82, 2.24) is 0 Å². The lowest BCUT2D eigenvalue weighted by atomic mass is 9.93. The Hall–Kier alpha value is -2.86. The van der Waals surface area contributed by atoms with Crippen LogP contribution in [0, 0.1) is 11.3 Å². The van der Waals surface area contributed by atoms with Gasteiger partial charge in [-0.15, -0.1) is 0 Å². The summed E-state index contributed by atoms with van der Waals surface area (Å²) in [4.78, 5) is 11.8. The molecule has 2 rings (SSSR count). The summed E-state index contributed by atoms with van der Waals surface area (Å²) in [6, 6.07) is 18.6. The molecule has 0 spiro atoms. The fraction of sp³-hybridized carbons (Fsp3) is 0.0588. The van der Waals surface area contributed by atoms with Gasteiger partial charge < -0.3 is 4.74 Å². The zero-order chi connectivity index (χ0) is 14.4. The topological polar surface area (TPSA) is 50.1 Å². The number of nitrogens with zero attached hydrogens (tertiary/aromatic N) is 1. The van der Waals surface area contributed by atoms with E-state index < -0.39 is 5.97 Å². The van der Waals surface area contributed by atoms with Crippen LogP contribution < -0.4 is 0 Å². The highest BCUT2D eigenvalue weighted by molar-refractivity contribution is 5.98.